The summed E-state index contributed by atoms with van der Waals surface area (Å²) in [5.41, 5.74) is 6.13. The first-order valence-corrected chi connectivity index (χ1v) is 5.46. The van der Waals surface area contributed by atoms with E-state index < -0.39 is 12.2 Å². The second-order valence-corrected chi connectivity index (χ2v) is 3.97. The Labute approximate surface area is 98.5 Å². The molecular formula is C9H13ClN2O2S. The number of nitrogen functional groups attached to an aromatic ring is 1. The van der Waals surface area contributed by atoms with Crippen LogP contribution in [0.1, 0.15) is 18.2 Å². The van der Waals surface area contributed by atoms with Crippen molar-refractivity contribution >= 4 is 29.9 Å². The predicted molar refractivity (Wildman–Crippen MR) is 63.1 cm³/mol. The summed E-state index contributed by atoms with van der Waals surface area (Å²) in [5, 5.41) is 19.5. The topological polar surface area (TPSA) is 79.4 Å². The lowest BCUT2D eigenvalue weighted by Gasteiger charge is -2.17. The summed E-state index contributed by atoms with van der Waals surface area (Å²) in [4.78, 5) is 3.88. The first kappa shape index (κ1) is 12.6. The van der Waals surface area contributed by atoms with Crippen LogP contribution in [0.25, 0.3) is 0 Å². The molecule has 1 aromatic rings. The fourth-order valence-electron chi connectivity index (χ4n) is 1.17. The molecule has 6 heteroatoms. The number of hydrogen-bond donors (Lipinski definition) is 4. The molecule has 2 unspecified atom stereocenters. The van der Waals surface area contributed by atoms with Gasteiger partial charge in [0, 0.05) is 0 Å². The van der Waals surface area contributed by atoms with Gasteiger partial charge in [-0.2, -0.15) is 12.6 Å². The van der Waals surface area contributed by atoms with Crippen LogP contribution in [0.15, 0.2) is 12.1 Å². The number of nitrogens with two attached hydrogens (primary N) is 1. The highest BCUT2D eigenvalue weighted by Gasteiger charge is 2.21. The van der Waals surface area contributed by atoms with E-state index in [2.05, 4.69) is 17.6 Å². The minimum absolute atomic E-state index is 0.205. The Bertz CT molecular complexity index is 338. The van der Waals surface area contributed by atoms with Gasteiger partial charge in [0.25, 0.3) is 0 Å². The molecule has 0 saturated carbocycles. The molecule has 0 fully saturated rings. The number of rotatable bonds is 4. The number of aliphatic hydroxyl groups excluding tert-OH is 2. The van der Waals surface area contributed by atoms with Crippen molar-refractivity contribution in [1.29, 1.82) is 0 Å². The Hall–Kier alpha value is -0.490. The number of halogens is 1. The van der Waals surface area contributed by atoms with E-state index in [9.17, 15) is 10.2 Å². The van der Waals surface area contributed by atoms with Crippen molar-refractivity contribution in [2.45, 2.75) is 18.6 Å². The lowest BCUT2D eigenvalue weighted by atomic mass is 10.1. The zero-order valence-corrected chi connectivity index (χ0v) is 9.62. The number of pyridine rings is 1. The van der Waals surface area contributed by atoms with Crippen LogP contribution in [0, 0.1) is 0 Å². The molecule has 4 N–H and O–H groups in total. The van der Waals surface area contributed by atoms with Gasteiger partial charge in [-0.1, -0.05) is 11.6 Å². The number of anilines is 1. The molecule has 0 saturated heterocycles. The van der Waals surface area contributed by atoms with E-state index in [0.717, 1.165) is 0 Å². The SMILES string of the molecule is Nc1ccc(Cl)nc1C(O)C(O)CCS. The monoisotopic (exact) mass is 248 g/mol. The van der Waals surface area contributed by atoms with Crippen LogP contribution in [0.4, 0.5) is 5.69 Å². The van der Waals surface area contributed by atoms with Crippen LogP contribution in [0.2, 0.25) is 5.15 Å². The molecule has 4 nitrogen and oxygen atoms in total. The highest BCUT2D eigenvalue weighted by Crippen LogP contribution is 2.24. The molecule has 15 heavy (non-hydrogen) atoms. The average Bonchev–Trinajstić information content (AvgIpc) is 2.21. The molecule has 0 aromatic carbocycles. The summed E-state index contributed by atoms with van der Waals surface area (Å²) in [6.45, 7) is 0. The summed E-state index contributed by atoms with van der Waals surface area (Å²) in [7, 11) is 0. The molecule has 84 valence electrons. The Morgan fingerprint density at radius 1 is 1.47 bits per heavy atom. The van der Waals surface area contributed by atoms with Gasteiger partial charge < -0.3 is 15.9 Å². The summed E-state index contributed by atoms with van der Waals surface area (Å²) in [6.07, 6.45) is -1.70. The largest absolute Gasteiger partial charge is 0.397 e. The summed E-state index contributed by atoms with van der Waals surface area (Å²) >= 11 is 9.63. The van der Waals surface area contributed by atoms with Crippen molar-refractivity contribution < 1.29 is 10.2 Å². The normalized spacial score (nSPS) is 14.9. The van der Waals surface area contributed by atoms with E-state index in [4.69, 9.17) is 17.3 Å². The molecule has 0 amide bonds. The van der Waals surface area contributed by atoms with E-state index in [0.29, 0.717) is 17.9 Å². The third-order valence-corrected chi connectivity index (χ3v) is 2.46. The Morgan fingerprint density at radius 2 is 2.13 bits per heavy atom. The Balaban J connectivity index is 2.89. The maximum Gasteiger partial charge on any atom is 0.129 e. The molecule has 0 aliphatic rings. The van der Waals surface area contributed by atoms with Crippen molar-refractivity contribution in [1.82, 2.24) is 4.98 Å². The third-order valence-electron chi connectivity index (χ3n) is 1.99. The Kier molecular flexibility index (Phi) is 4.66. The molecule has 2 atom stereocenters. The van der Waals surface area contributed by atoms with E-state index in [1.54, 1.807) is 6.07 Å². The van der Waals surface area contributed by atoms with Crippen LogP contribution in [-0.4, -0.2) is 27.1 Å². The first-order valence-electron chi connectivity index (χ1n) is 4.45. The van der Waals surface area contributed by atoms with Crippen LogP contribution >= 0.6 is 24.2 Å². The molecule has 0 radical (unpaired) electrons. The second-order valence-electron chi connectivity index (χ2n) is 3.13. The maximum atomic E-state index is 9.74. The molecule has 0 aliphatic heterocycles. The first-order chi connectivity index (χ1) is 7.06. The number of aliphatic hydroxyl groups is 2. The number of thiol groups is 1. The van der Waals surface area contributed by atoms with Crippen molar-refractivity contribution in [2.75, 3.05) is 11.5 Å². The van der Waals surface area contributed by atoms with E-state index in [1.807, 2.05) is 0 Å². The molecule has 1 aromatic heterocycles. The van der Waals surface area contributed by atoms with Gasteiger partial charge in [-0.05, 0) is 24.3 Å². The van der Waals surface area contributed by atoms with Gasteiger partial charge in [-0.3, -0.25) is 0 Å². The van der Waals surface area contributed by atoms with E-state index >= 15 is 0 Å². The van der Waals surface area contributed by atoms with Crippen LogP contribution in [-0.2, 0) is 0 Å². The van der Waals surface area contributed by atoms with Crippen molar-refractivity contribution in [3.63, 3.8) is 0 Å². The highest BCUT2D eigenvalue weighted by molar-refractivity contribution is 7.80. The summed E-state index contributed by atoms with van der Waals surface area (Å²) in [6, 6.07) is 3.07. The van der Waals surface area contributed by atoms with Gasteiger partial charge in [0.2, 0.25) is 0 Å². The van der Waals surface area contributed by atoms with Gasteiger partial charge >= 0.3 is 0 Å². The fourth-order valence-corrected chi connectivity index (χ4v) is 1.59. The van der Waals surface area contributed by atoms with Gasteiger partial charge in [-0.25, -0.2) is 4.98 Å². The summed E-state index contributed by atoms with van der Waals surface area (Å²) in [5.74, 6) is 0.471. The predicted octanol–water partition coefficient (Wildman–Crippen LogP) is 1.03. The quantitative estimate of drug-likeness (QED) is 0.474. The van der Waals surface area contributed by atoms with Crippen molar-refractivity contribution in [3.05, 3.63) is 23.0 Å². The third kappa shape index (κ3) is 3.24. The maximum absolute atomic E-state index is 9.74. The minimum atomic E-state index is -1.13. The van der Waals surface area contributed by atoms with E-state index in [-0.39, 0.29) is 10.8 Å². The van der Waals surface area contributed by atoms with Crippen molar-refractivity contribution in [2.24, 2.45) is 0 Å². The lowest BCUT2D eigenvalue weighted by molar-refractivity contribution is 0.0152. The standard InChI is InChI=1S/C9H13ClN2O2S/c10-7-2-1-5(11)8(12-7)9(14)6(13)3-4-15/h1-2,6,9,13-15H,3-4,11H2. The Morgan fingerprint density at radius 3 is 2.73 bits per heavy atom. The van der Waals surface area contributed by atoms with Crippen LogP contribution in [0.5, 0.6) is 0 Å². The molecule has 0 aliphatic carbocycles. The van der Waals surface area contributed by atoms with Crippen LogP contribution in [0.3, 0.4) is 0 Å². The molecule has 0 spiro atoms. The molecule has 0 bridgehead atoms. The van der Waals surface area contributed by atoms with Gasteiger partial charge in [0.05, 0.1) is 17.5 Å². The molecule has 1 rings (SSSR count). The van der Waals surface area contributed by atoms with Gasteiger partial charge in [-0.15, -0.1) is 0 Å². The number of nitrogens with zero attached hydrogens (tertiary/aromatic N) is 1. The lowest BCUT2D eigenvalue weighted by Crippen LogP contribution is -2.21. The zero-order chi connectivity index (χ0) is 11.4. The smallest absolute Gasteiger partial charge is 0.129 e. The number of hydrogen-bond acceptors (Lipinski definition) is 5. The molecular weight excluding hydrogens is 236 g/mol. The average molecular weight is 249 g/mol. The van der Waals surface area contributed by atoms with Gasteiger partial charge in [0.1, 0.15) is 11.3 Å². The second kappa shape index (κ2) is 5.55. The zero-order valence-electron chi connectivity index (χ0n) is 7.97. The number of aromatic nitrogens is 1. The van der Waals surface area contributed by atoms with Gasteiger partial charge in [0.15, 0.2) is 0 Å². The van der Waals surface area contributed by atoms with Crippen LogP contribution < -0.4 is 5.73 Å². The minimum Gasteiger partial charge on any atom is -0.397 e. The molecule has 1 heterocycles. The van der Waals surface area contributed by atoms with Crippen molar-refractivity contribution in [3.8, 4) is 0 Å². The highest BCUT2D eigenvalue weighted by atomic mass is 35.5. The fraction of sp³-hybridized carbons (Fsp3) is 0.444. The summed E-state index contributed by atoms with van der Waals surface area (Å²) < 4.78 is 0. The van der Waals surface area contributed by atoms with E-state index in [1.165, 1.54) is 6.07 Å².